The molecular formula is C16H19N3O3S. The highest BCUT2D eigenvalue weighted by molar-refractivity contribution is 7.89. The zero-order valence-corrected chi connectivity index (χ0v) is 13.7. The minimum Gasteiger partial charge on any atom is -0.495 e. The van der Waals surface area contributed by atoms with Crippen molar-refractivity contribution >= 4 is 15.8 Å². The molecule has 6 nitrogen and oxygen atoms in total. The van der Waals surface area contributed by atoms with Gasteiger partial charge >= 0.3 is 0 Å². The van der Waals surface area contributed by atoms with Crippen LogP contribution < -0.4 is 14.4 Å². The minimum atomic E-state index is -3.61. The molecule has 0 saturated carbocycles. The van der Waals surface area contributed by atoms with Gasteiger partial charge in [0.2, 0.25) is 10.0 Å². The standard InChI is InChI=1S/C16H19N3O3S/c1-22-14-6-2-3-7-15(14)23(20,21)18-13-9-11-19(12-13)16-8-4-5-10-17-16/h2-8,10,13,18H,9,11-12H2,1H3. The summed E-state index contributed by atoms with van der Waals surface area (Å²) in [4.78, 5) is 6.55. The van der Waals surface area contributed by atoms with Gasteiger partial charge in [0, 0.05) is 25.3 Å². The predicted octanol–water partition coefficient (Wildman–Crippen LogP) is 1.65. The SMILES string of the molecule is COc1ccccc1S(=O)(=O)NC1CCN(c2ccccn2)C1. The lowest BCUT2D eigenvalue weighted by molar-refractivity contribution is 0.402. The van der Waals surface area contributed by atoms with Crippen LogP contribution in [0.4, 0.5) is 5.82 Å². The average molecular weight is 333 g/mol. The molecule has 0 radical (unpaired) electrons. The van der Waals surface area contributed by atoms with Crippen LogP contribution >= 0.6 is 0 Å². The summed E-state index contributed by atoms with van der Waals surface area (Å²) in [6.07, 6.45) is 2.48. The number of nitrogens with one attached hydrogen (secondary N) is 1. The molecule has 23 heavy (non-hydrogen) atoms. The number of methoxy groups -OCH3 is 1. The van der Waals surface area contributed by atoms with Gasteiger partial charge in [0.1, 0.15) is 16.5 Å². The topological polar surface area (TPSA) is 71.5 Å². The molecule has 1 aliphatic heterocycles. The van der Waals surface area contributed by atoms with Crippen LogP contribution in [0.5, 0.6) is 5.75 Å². The summed E-state index contributed by atoms with van der Waals surface area (Å²) < 4.78 is 33.1. The Morgan fingerprint density at radius 3 is 2.74 bits per heavy atom. The number of benzene rings is 1. The molecule has 1 unspecified atom stereocenters. The van der Waals surface area contributed by atoms with Crippen LogP contribution in [0.25, 0.3) is 0 Å². The third kappa shape index (κ3) is 3.46. The van der Waals surface area contributed by atoms with Gasteiger partial charge in [0.15, 0.2) is 0 Å². The molecule has 1 aromatic carbocycles. The lowest BCUT2D eigenvalue weighted by Gasteiger charge is -2.18. The summed E-state index contributed by atoms with van der Waals surface area (Å²) in [6, 6.07) is 12.2. The second-order valence-corrected chi connectivity index (χ2v) is 7.07. The van der Waals surface area contributed by atoms with Gasteiger partial charge in [0.25, 0.3) is 0 Å². The number of rotatable bonds is 5. The largest absolute Gasteiger partial charge is 0.495 e. The predicted molar refractivity (Wildman–Crippen MR) is 88.2 cm³/mol. The van der Waals surface area contributed by atoms with Crippen LogP contribution in [0.2, 0.25) is 0 Å². The maximum atomic E-state index is 12.6. The van der Waals surface area contributed by atoms with E-state index < -0.39 is 10.0 Å². The number of hydrogen-bond donors (Lipinski definition) is 1. The molecule has 1 aromatic heterocycles. The summed E-state index contributed by atoms with van der Waals surface area (Å²) in [7, 11) is -2.15. The van der Waals surface area contributed by atoms with Gasteiger partial charge in [-0.05, 0) is 30.7 Å². The second-order valence-electron chi connectivity index (χ2n) is 5.39. The number of anilines is 1. The lowest BCUT2D eigenvalue weighted by Crippen LogP contribution is -2.37. The molecule has 0 bridgehead atoms. The summed E-state index contributed by atoms with van der Waals surface area (Å²) in [5, 5.41) is 0. The summed E-state index contributed by atoms with van der Waals surface area (Å²) in [6.45, 7) is 1.38. The average Bonchev–Trinajstić information content (AvgIpc) is 3.03. The summed E-state index contributed by atoms with van der Waals surface area (Å²) in [5.74, 6) is 1.21. The summed E-state index contributed by atoms with van der Waals surface area (Å²) in [5.41, 5.74) is 0. The van der Waals surface area contributed by atoms with Crippen molar-refractivity contribution < 1.29 is 13.2 Å². The van der Waals surface area contributed by atoms with Gasteiger partial charge in [-0.25, -0.2) is 18.1 Å². The normalized spacial score (nSPS) is 18.1. The van der Waals surface area contributed by atoms with Crippen LogP contribution in [0.1, 0.15) is 6.42 Å². The molecule has 122 valence electrons. The number of aromatic nitrogens is 1. The maximum Gasteiger partial charge on any atom is 0.244 e. The van der Waals surface area contributed by atoms with E-state index in [0.717, 1.165) is 18.8 Å². The van der Waals surface area contributed by atoms with Crippen molar-refractivity contribution in [2.24, 2.45) is 0 Å². The van der Waals surface area contributed by atoms with E-state index in [4.69, 9.17) is 4.74 Å². The van der Waals surface area contributed by atoms with Crippen molar-refractivity contribution in [3.8, 4) is 5.75 Å². The molecule has 3 rings (SSSR count). The minimum absolute atomic E-state index is 0.146. The van der Waals surface area contributed by atoms with E-state index in [9.17, 15) is 8.42 Å². The van der Waals surface area contributed by atoms with Crippen LogP contribution in [0.15, 0.2) is 53.6 Å². The molecule has 1 saturated heterocycles. The molecule has 0 aliphatic carbocycles. The van der Waals surface area contributed by atoms with Crippen LogP contribution in [-0.2, 0) is 10.0 Å². The zero-order chi connectivity index (χ0) is 16.3. The first-order valence-corrected chi connectivity index (χ1v) is 8.90. The van der Waals surface area contributed by atoms with Gasteiger partial charge in [-0.2, -0.15) is 0 Å². The van der Waals surface area contributed by atoms with Crippen LogP contribution in [-0.4, -0.2) is 39.6 Å². The zero-order valence-electron chi connectivity index (χ0n) is 12.8. The Morgan fingerprint density at radius 2 is 2.00 bits per heavy atom. The van der Waals surface area contributed by atoms with E-state index in [1.165, 1.54) is 7.11 Å². The fraction of sp³-hybridized carbons (Fsp3) is 0.312. The first-order valence-electron chi connectivity index (χ1n) is 7.41. The number of para-hydroxylation sites is 1. The van der Waals surface area contributed by atoms with E-state index in [2.05, 4.69) is 14.6 Å². The van der Waals surface area contributed by atoms with Crippen molar-refractivity contribution in [3.05, 3.63) is 48.7 Å². The molecule has 2 heterocycles. The quantitative estimate of drug-likeness (QED) is 0.901. The van der Waals surface area contributed by atoms with Crippen molar-refractivity contribution in [1.82, 2.24) is 9.71 Å². The van der Waals surface area contributed by atoms with Crippen molar-refractivity contribution in [1.29, 1.82) is 0 Å². The fourth-order valence-electron chi connectivity index (χ4n) is 2.73. The maximum absolute atomic E-state index is 12.6. The highest BCUT2D eigenvalue weighted by Gasteiger charge is 2.29. The third-order valence-electron chi connectivity index (χ3n) is 3.84. The Kier molecular flexibility index (Phi) is 4.49. The summed E-state index contributed by atoms with van der Waals surface area (Å²) >= 11 is 0. The first-order chi connectivity index (χ1) is 11.1. The Bertz CT molecular complexity index is 765. The van der Waals surface area contributed by atoms with E-state index >= 15 is 0 Å². The molecule has 7 heteroatoms. The van der Waals surface area contributed by atoms with E-state index in [-0.39, 0.29) is 10.9 Å². The molecular weight excluding hydrogens is 314 g/mol. The Hall–Kier alpha value is -2.12. The van der Waals surface area contributed by atoms with Gasteiger partial charge in [-0.3, -0.25) is 0 Å². The van der Waals surface area contributed by atoms with Crippen molar-refractivity contribution in [2.75, 3.05) is 25.1 Å². The molecule has 1 atom stereocenters. The van der Waals surface area contributed by atoms with Gasteiger partial charge in [0.05, 0.1) is 7.11 Å². The molecule has 0 amide bonds. The lowest BCUT2D eigenvalue weighted by atomic mass is 10.3. The highest BCUT2D eigenvalue weighted by Crippen LogP contribution is 2.24. The van der Waals surface area contributed by atoms with Crippen LogP contribution in [0, 0.1) is 0 Å². The Labute approximate surface area is 136 Å². The van der Waals surface area contributed by atoms with Gasteiger partial charge in [-0.15, -0.1) is 0 Å². The number of sulfonamides is 1. The molecule has 1 N–H and O–H groups in total. The number of ether oxygens (including phenoxy) is 1. The number of nitrogens with zero attached hydrogens (tertiary/aromatic N) is 2. The van der Waals surface area contributed by atoms with Crippen molar-refractivity contribution in [2.45, 2.75) is 17.4 Å². The van der Waals surface area contributed by atoms with E-state index in [1.54, 1.807) is 30.5 Å². The smallest absolute Gasteiger partial charge is 0.244 e. The van der Waals surface area contributed by atoms with E-state index in [1.807, 2.05) is 18.2 Å². The van der Waals surface area contributed by atoms with Gasteiger partial charge < -0.3 is 9.64 Å². The number of pyridine rings is 1. The third-order valence-corrected chi connectivity index (χ3v) is 5.40. The monoisotopic (exact) mass is 333 g/mol. The van der Waals surface area contributed by atoms with Gasteiger partial charge in [-0.1, -0.05) is 18.2 Å². The van der Waals surface area contributed by atoms with E-state index in [0.29, 0.717) is 12.3 Å². The fourth-order valence-corrected chi connectivity index (χ4v) is 4.16. The molecule has 1 aliphatic rings. The van der Waals surface area contributed by atoms with Crippen LogP contribution in [0.3, 0.4) is 0 Å². The highest BCUT2D eigenvalue weighted by atomic mass is 32.2. The Morgan fingerprint density at radius 1 is 1.22 bits per heavy atom. The molecule has 1 fully saturated rings. The second kappa shape index (κ2) is 6.55. The molecule has 0 spiro atoms. The van der Waals surface area contributed by atoms with Crippen molar-refractivity contribution in [3.63, 3.8) is 0 Å². The number of hydrogen-bond acceptors (Lipinski definition) is 5. The first kappa shape index (κ1) is 15.8. The molecule has 2 aromatic rings. The Balaban J connectivity index is 1.72.